The van der Waals surface area contributed by atoms with Crippen LogP contribution in [-0.2, 0) is 9.47 Å². The Balaban J connectivity index is 1.46. The Morgan fingerprint density at radius 3 is 2.96 bits per heavy atom. The van der Waals surface area contributed by atoms with E-state index in [1.807, 2.05) is 17.0 Å². The Morgan fingerprint density at radius 2 is 2.12 bits per heavy atom. The van der Waals surface area contributed by atoms with Crippen molar-refractivity contribution < 1.29 is 23.7 Å². The Morgan fingerprint density at radius 1 is 1.29 bits per heavy atom. The minimum absolute atomic E-state index is 0.0102. The highest BCUT2D eigenvalue weighted by molar-refractivity contribution is 5.98. The molecule has 0 aromatic heterocycles. The van der Waals surface area contributed by atoms with E-state index in [2.05, 4.69) is 0 Å². The van der Waals surface area contributed by atoms with Crippen molar-refractivity contribution in [2.75, 3.05) is 46.6 Å². The number of hydrogen-bond donors (Lipinski definition) is 0. The summed E-state index contributed by atoms with van der Waals surface area (Å²) in [6.45, 7) is 3.79. The van der Waals surface area contributed by atoms with Crippen molar-refractivity contribution >= 4 is 5.91 Å². The second kappa shape index (κ2) is 6.26. The van der Waals surface area contributed by atoms with E-state index in [9.17, 15) is 4.79 Å². The minimum atomic E-state index is -0.180. The normalized spacial score (nSPS) is 24.0. The first-order valence-electron chi connectivity index (χ1n) is 8.54. The number of ether oxygens (including phenoxy) is 4. The number of hydrogen-bond acceptors (Lipinski definition) is 5. The molecule has 0 bridgehead atoms. The molecule has 2 fully saturated rings. The van der Waals surface area contributed by atoms with Gasteiger partial charge in [0.15, 0.2) is 11.5 Å². The highest BCUT2D eigenvalue weighted by atomic mass is 16.6. The monoisotopic (exact) mass is 333 g/mol. The first-order valence-corrected chi connectivity index (χ1v) is 8.54. The number of carbonyl (C=O) groups is 1. The molecule has 1 atom stereocenters. The number of nitrogens with zero attached hydrogens (tertiary/aromatic N) is 1. The van der Waals surface area contributed by atoms with Gasteiger partial charge in [0.05, 0.1) is 18.7 Å². The van der Waals surface area contributed by atoms with Gasteiger partial charge in [-0.2, -0.15) is 0 Å². The summed E-state index contributed by atoms with van der Waals surface area (Å²) >= 11 is 0. The van der Waals surface area contributed by atoms with Gasteiger partial charge >= 0.3 is 0 Å². The van der Waals surface area contributed by atoms with E-state index in [0.29, 0.717) is 49.3 Å². The van der Waals surface area contributed by atoms with E-state index >= 15 is 0 Å². The minimum Gasteiger partial charge on any atom is -0.486 e. The Bertz CT molecular complexity index is 626. The molecule has 24 heavy (non-hydrogen) atoms. The maximum absolute atomic E-state index is 12.9. The predicted octanol–water partition coefficient (Wildman–Crippen LogP) is 1.73. The van der Waals surface area contributed by atoms with Crippen LogP contribution in [0.25, 0.3) is 0 Å². The lowest BCUT2D eigenvalue weighted by molar-refractivity contribution is -0.120. The Hall–Kier alpha value is -1.79. The SMILES string of the molecule is COCC[C@@H]1CCOC12CN(C(=O)c1cccc3c1OCCO3)C2. The van der Waals surface area contributed by atoms with Crippen molar-refractivity contribution in [1.82, 2.24) is 4.90 Å². The molecule has 3 aliphatic rings. The Labute approximate surface area is 141 Å². The van der Waals surface area contributed by atoms with Crippen LogP contribution in [0.4, 0.5) is 0 Å². The van der Waals surface area contributed by atoms with Crippen LogP contribution in [0.3, 0.4) is 0 Å². The number of para-hydroxylation sites is 1. The molecule has 1 spiro atoms. The van der Waals surface area contributed by atoms with E-state index < -0.39 is 0 Å². The third-order valence-electron chi connectivity index (χ3n) is 5.27. The van der Waals surface area contributed by atoms with Crippen molar-refractivity contribution in [2.45, 2.75) is 18.4 Å². The maximum atomic E-state index is 12.9. The number of benzene rings is 1. The second-order valence-corrected chi connectivity index (χ2v) is 6.67. The van der Waals surface area contributed by atoms with Crippen molar-refractivity contribution in [3.05, 3.63) is 23.8 Å². The molecule has 6 heteroatoms. The van der Waals surface area contributed by atoms with Crippen LogP contribution >= 0.6 is 0 Å². The number of carbonyl (C=O) groups excluding carboxylic acids is 1. The van der Waals surface area contributed by atoms with Crippen LogP contribution in [0.1, 0.15) is 23.2 Å². The molecule has 0 radical (unpaired) electrons. The molecule has 0 aliphatic carbocycles. The van der Waals surface area contributed by atoms with Crippen LogP contribution < -0.4 is 9.47 Å². The molecule has 4 rings (SSSR count). The molecule has 0 unspecified atom stereocenters. The average molecular weight is 333 g/mol. The van der Waals surface area contributed by atoms with Crippen LogP contribution in [0, 0.1) is 5.92 Å². The second-order valence-electron chi connectivity index (χ2n) is 6.67. The lowest BCUT2D eigenvalue weighted by atomic mass is 9.79. The molecule has 1 aromatic carbocycles. The van der Waals surface area contributed by atoms with Crippen molar-refractivity contribution in [1.29, 1.82) is 0 Å². The molecule has 130 valence electrons. The zero-order valence-electron chi connectivity index (χ0n) is 14.0. The summed E-state index contributed by atoms with van der Waals surface area (Å²) < 4.78 is 22.4. The highest BCUT2D eigenvalue weighted by Crippen LogP contribution is 2.43. The van der Waals surface area contributed by atoms with E-state index in [1.165, 1.54) is 0 Å². The fourth-order valence-corrected chi connectivity index (χ4v) is 3.96. The van der Waals surface area contributed by atoms with Gasteiger partial charge in [-0.1, -0.05) is 6.07 Å². The number of methoxy groups -OCH3 is 1. The molecular weight excluding hydrogens is 310 g/mol. The Kier molecular flexibility index (Phi) is 4.10. The van der Waals surface area contributed by atoms with Gasteiger partial charge in [-0.3, -0.25) is 4.79 Å². The molecule has 0 saturated carbocycles. The summed E-state index contributed by atoms with van der Waals surface area (Å²) in [6, 6.07) is 5.48. The van der Waals surface area contributed by atoms with Gasteiger partial charge in [0.25, 0.3) is 5.91 Å². The number of rotatable bonds is 4. The van der Waals surface area contributed by atoms with Crippen LogP contribution in [0.15, 0.2) is 18.2 Å². The lowest BCUT2D eigenvalue weighted by Crippen LogP contribution is -2.66. The molecule has 3 heterocycles. The van der Waals surface area contributed by atoms with Crippen LogP contribution in [0.5, 0.6) is 11.5 Å². The zero-order chi connectivity index (χ0) is 16.6. The maximum Gasteiger partial charge on any atom is 0.257 e. The molecule has 1 aromatic rings. The summed E-state index contributed by atoms with van der Waals surface area (Å²) in [5.41, 5.74) is 0.397. The highest BCUT2D eigenvalue weighted by Gasteiger charge is 2.54. The zero-order valence-corrected chi connectivity index (χ0v) is 14.0. The standard InChI is InChI=1S/C18H23NO5/c1-21-7-5-13-6-8-24-18(13)11-19(12-18)17(20)14-3-2-4-15-16(14)23-10-9-22-15/h2-4,13H,5-12H2,1H3/t13-/m1/s1. The summed E-state index contributed by atoms with van der Waals surface area (Å²) in [7, 11) is 1.72. The topological polar surface area (TPSA) is 57.2 Å². The van der Waals surface area contributed by atoms with Crippen molar-refractivity contribution in [3.8, 4) is 11.5 Å². The van der Waals surface area contributed by atoms with Gasteiger partial charge in [0.2, 0.25) is 0 Å². The number of likely N-dealkylation sites (tertiary alicyclic amines) is 1. The largest absolute Gasteiger partial charge is 0.486 e. The van der Waals surface area contributed by atoms with Gasteiger partial charge in [-0.25, -0.2) is 0 Å². The van der Waals surface area contributed by atoms with Crippen molar-refractivity contribution in [3.63, 3.8) is 0 Å². The summed E-state index contributed by atoms with van der Waals surface area (Å²) in [5, 5.41) is 0. The van der Waals surface area contributed by atoms with E-state index in [1.54, 1.807) is 13.2 Å². The molecular formula is C18H23NO5. The van der Waals surface area contributed by atoms with Gasteiger partial charge in [0, 0.05) is 20.3 Å². The van der Waals surface area contributed by atoms with Crippen LogP contribution in [-0.4, -0.2) is 63.0 Å². The first-order chi connectivity index (χ1) is 11.7. The van der Waals surface area contributed by atoms with Gasteiger partial charge in [-0.05, 0) is 30.9 Å². The smallest absolute Gasteiger partial charge is 0.257 e. The summed E-state index contributed by atoms with van der Waals surface area (Å²) in [5.74, 6) is 1.67. The molecule has 3 aliphatic heterocycles. The summed E-state index contributed by atoms with van der Waals surface area (Å²) in [4.78, 5) is 14.7. The fraction of sp³-hybridized carbons (Fsp3) is 0.611. The predicted molar refractivity (Wildman–Crippen MR) is 86.6 cm³/mol. The van der Waals surface area contributed by atoms with E-state index in [4.69, 9.17) is 18.9 Å². The fourth-order valence-electron chi connectivity index (χ4n) is 3.96. The molecule has 6 nitrogen and oxygen atoms in total. The molecule has 0 N–H and O–H groups in total. The average Bonchev–Trinajstić information content (AvgIpc) is 3.01. The van der Waals surface area contributed by atoms with Crippen molar-refractivity contribution in [2.24, 2.45) is 5.92 Å². The quantitative estimate of drug-likeness (QED) is 0.840. The van der Waals surface area contributed by atoms with Crippen LogP contribution in [0.2, 0.25) is 0 Å². The number of fused-ring (bicyclic) bond motifs is 1. The molecule has 1 amide bonds. The van der Waals surface area contributed by atoms with Gasteiger partial charge in [-0.15, -0.1) is 0 Å². The lowest BCUT2D eigenvalue weighted by Gasteiger charge is -2.50. The van der Waals surface area contributed by atoms with E-state index in [-0.39, 0.29) is 11.5 Å². The third-order valence-corrected chi connectivity index (χ3v) is 5.27. The number of amides is 1. The molecule has 2 saturated heterocycles. The van der Waals surface area contributed by atoms with Gasteiger partial charge in [0.1, 0.15) is 18.8 Å². The summed E-state index contributed by atoms with van der Waals surface area (Å²) in [6.07, 6.45) is 2.03. The van der Waals surface area contributed by atoms with Gasteiger partial charge < -0.3 is 23.8 Å². The third kappa shape index (κ3) is 2.54. The van der Waals surface area contributed by atoms with E-state index in [0.717, 1.165) is 26.1 Å². The first kappa shape index (κ1) is 15.7.